The number of likely N-dealkylation sites (tertiary alicyclic amines) is 1. The number of hydrogen-bond donors (Lipinski definition) is 2. The number of methoxy groups -OCH3 is 1. The van der Waals surface area contributed by atoms with Crippen LogP contribution in [0.3, 0.4) is 0 Å². The molecule has 0 unspecified atom stereocenters. The topological polar surface area (TPSA) is 114 Å². The number of carbonyl (C=O) groups is 1. The van der Waals surface area contributed by atoms with Crippen molar-refractivity contribution in [3.63, 3.8) is 0 Å². The largest absolute Gasteiger partial charge is 0.493 e. The molecule has 1 amide bonds. The van der Waals surface area contributed by atoms with Crippen LogP contribution in [0, 0.1) is 5.82 Å². The normalized spacial score (nSPS) is 13.8. The quantitative estimate of drug-likeness (QED) is 0.335. The Bertz CT molecular complexity index is 1420. The van der Waals surface area contributed by atoms with Crippen molar-refractivity contribution in [1.82, 2.24) is 25.1 Å². The van der Waals surface area contributed by atoms with E-state index in [0.717, 1.165) is 0 Å². The number of aromatic amines is 1. The molecule has 11 heteroatoms. The average Bonchev–Trinajstić information content (AvgIpc) is 3.43. The van der Waals surface area contributed by atoms with Gasteiger partial charge in [0.2, 0.25) is 11.8 Å². The Labute approximate surface area is 212 Å². The van der Waals surface area contributed by atoms with Crippen LogP contribution in [0.15, 0.2) is 61.6 Å². The second-order valence-corrected chi connectivity index (χ2v) is 8.37. The van der Waals surface area contributed by atoms with E-state index in [1.807, 2.05) is 0 Å². The first-order valence-electron chi connectivity index (χ1n) is 11.7. The summed E-state index contributed by atoms with van der Waals surface area (Å²) in [5.74, 6) is 1.49. The van der Waals surface area contributed by atoms with Crippen LogP contribution in [0.25, 0.3) is 10.9 Å². The standard InChI is InChI=1S/C26H25FN6O4/c1-3-25(34)33-10-7-16(8-11-33)36-23-13-18-21(14-22(23)35-2)28-15-29-26(18)31-20-5-4-17(12-19(20)27)37-24-6-9-30-32-24/h3-6,9,12-16H,1,7-8,10-11H2,2H3,(H,30,32)(H,28,29,31). The molecule has 0 aliphatic carbocycles. The van der Waals surface area contributed by atoms with Crippen molar-refractivity contribution in [3.05, 3.63) is 67.4 Å². The summed E-state index contributed by atoms with van der Waals surface area (Å²) in [5.41, 5.74) is 0.818. The smallest absolute Gasteiger partial charge is 0.245 e. The van der Waals surface area contributed by atoms with E-state index < -0.39 is 5.82 Å². The minimum atomic E-state index is -0.523. The first-order valence-corrected chi connectivity index (χ1v) is 11.7. The summed E-state index contributed by atoms with van der Waals surface area (Å²) in [5, 5.41) is 10.2. The fourth-order valence-corrected chi connectivity index (χ4v) is 4.13. The van der Waals surface area contributed by atoms with E-state index in [0.29, 0.717) is 65.8 Å². The third kappa shape index (κ3) is 5.30. The zero-order valence-corrected chi connectivity index (χ0v) is 20.1. The van der Waals surface area contributed by atoms with Gasteiger partial charge in [0.15, 0.2) is 11.5 Å². The van der Waals surface area contributed by atoms with Crippen LogP contribution < -0.4 is 19.5 Å². The van der Waals surface area contributed by atoms with Gasteiger partial charge in [-0.25, -0.2) is 14.4 Å². The summed E-state index contributed by atoms with van der Waals surface area (Å²) in [7, 11) is 1.56. The third-order valence-electron chi connectivity index (χ3n) is 6.03. The highest BCUT2D eigenvalue weighted by Gasteiger charge is 2.24. The maximum atomic E-state index is 14.9. The molecular weight excluding hydrogens is 479 g/mol. The Kier molecular flexibility index (Phi) is 6.84. The van der Waals surface area contributed by atoms with Crippen molar-refractivity contribution in [2.75, 3.05) is 25.5 Å². The molecule has 2 N–H and O–H groups in total. The zero-order valence-electron chi connectivity index (χ0n) is 20.1. The van der Waals surface area contributed by atoms with Crippen LogP contribution >= 0.6 is 0 Å². The lowest BCUT2D eigenvalue weighted by Gasteiger charge is -2.31. The van der Waals surface area contributed by atoms with Crippen molar-refractivity contribution in [2.24, 2.45) is 0 Å². The molecule has 0 atom stereocenters. The van der Waals surface area contributed by atoms with Crippen molar-refractivity contribution in [2.45, 2.75) is 18.9 Å². The number of nitrogens with one attached hydrogen (secondary N) is 2. The van der Waals surface area contributed by atoms with Crippen LogP contribution in [-0.2, 0) is 4.79 Å². The van der Waals surface area contributed by atoms with E-state index in [4.69, 9.17) is 14.2 Å². The molecule has 1 aliphatic rings. The number of aromatic nitrogens is 4. The Balaban J connectivity index is 1.37. The number of halogens is 1. The molecule has 0 spiro atoms. The fourth-order valence-electron chi connectivity index (χ4n) is 4.13. The van der Waals surface area contributed by atoms with Gasteiger partial charge in [-0.2, -0.15) is 0 Å². The summed E-state index contributed by atoms with van der Waals surface area (Å²) in [6, 6.07) is 9.63. The maximum absolute atomic E-state index is 14.9. The number of benzene rings is 2. The van der Waals surface area contributed by atoms with Gasteiger partial charge >= 0.3 is 0 Å². The van der Waals surface area contributed by atoms with Gasteiger partial charge in [0, 0.05) is 55.7 Å². The Morgan fingerprint density at radius 3 is 2.73 bits per heavy atom. The molecule has 0 saturated carbocycles. The second-order valence-electron chi connectivity index (χ2n) is 8.37. The van der Waals surface area contributed by atoms with Gasteiger partial charge in [-0.05, 0) is 24.3 Å². The Morgan fingerprint density at radius 1 is 1.19 bits per heavy atom. The molecule has 3 heterocycles. The van der Waals surface area contributed by atoms with E-state index in [9.17, 15) is 9.18 Å². The number of ether oxygens (including phenoxy) is 3. The molecule has 190 valence electrons. The Hall–Kier alpha value is -4.67. The van der Waals surface area contributed by atoms with Gasteiger partial charge in [-0.15, -0.1) is 5.10 Å². The van der Waals surface area contributed by atoms with Crippen LogP contribution in [0.1, 0.15) is 12.8 Å². The van der Waals surface area contributed by atoms with Gasteiger partial charge in [-0.3, -0.25) is 9.89 Å². The van der Waals surface area contributed by atoms with Gasteiger partial charge in [0.1, 0.15) is 29.8 Å². The van der Waals surface area contributed by atoms with Gasteiger partial charge in [-0.1, -0.05) is 6.58 Å². The molecule has 2 aromatic heterocycles. The van der Waals surface area contributed by atoms with Gasteiger partial charge in [0.25, 0.3) is 0 Å². The number of fused-ring (bicyclic) bond motifs is 1. The summed E-state index contributed by atoms with van der Waals surface area (Å²) in [4.78, 5) is 22.3. The number of hydrogen-bond acceptors (Lipinski definition) is 8. The number of anilines is 2. The van der Waals surface area contributed by atoms with Gasteiger partial charge < -0.3 is 24.4 Å². The van der Waals surface area contributed by atoms with Crippen molar-refractivity contribution >= 4 is 28.3 Å². The molecule has 10 nitrogen and oxygen atoms in total. The van der Waals surface area contributed by atoms with Crippen LogP contribution in [0.2, 0.25) is 0 Å². The summed E-state index contributed by atoms with van der Waals surface area (Å²) >= 11 is 0. The van der Waals surface area contributed by atoms with Crippen LogP contribution in [-0.4, -0.2) is 57.3 Å². The van der Waals surface area contributed by atoms with E-state index in [-0.39, 0.29) is 17.7 Å². The van der Waals surface area contributed by atoms with Gasteiger partial charge in [0.05, 0.1) is 18.3 Å². The highest BCUT2D eigenvalue weighted by Crippen LogP contribution is 2.37. The maximum Gasteiger partial charge on any atom is 0.245 e. The predicted octanol–water partition coefficient (Wildman–Crippen LogP) is 4.59. The number of rotatable bonds is 8. The average molecular weight is 505 g/mol. The lowest BCUT2D eigenvalue weighted by Crippen LogP contribution is -2.41. The molecule has 0 radical (unpaired) electrons. The number of carbonyl (C=O) groups excluding carboxylic acids is 1. The molecule has 37 heavy (non-hydrogen) atoms. The minimum absolute atomic E-state index is 0.0810. The van der Waals surface area contributed by atoms with Crippen molar-refractivity contribution in [3.8, 4) is 23.1 Å². The zero-order chi connectivity index (χ0) is 25.8. The lowest BCUT2D eigenvalue weighted by molar-refractivity contribution is -0.127. The molecular formula is C26H25FN6O4. The van der Waals surface area contributed by atoms with E-state index in [1.54, 1.807) is 48.5 Å². The molecule has 0 bridgehead atoms. The third-order valence-corrected chi connectivity index (χ3v) is 6.03. The molecule has 2 aromatic carbocycles. The number of H-pyrrole nitrogens is 1. The minimum Gasteiger partial charge on any atom is -0.493 e. The predicted molar refractivity (Wildman–Crippen MR) is 135 cm³/mol. The molecule has 1 fully saturated rings. The van der Waals surface area contributed by atoms with Crippen LogP contribution in [0.4, 0.5) is 15.9 Å². The number of piperidine rings is 1. The number of amides is 1. The fraction of sp³-hybridized carbons (Fsp3) is 0.231. The summed E-state index contributed by atoms with van der Waals surface area (Å²) in [6.07, 6.45) is 5.58. The SMILES string of the molecule is C=CC(=O)N1CCC(Oc2cc3c(Nc4ccc(Oc5cc[nH]n5)cc4F)ncnc3cc2OC)CC1. The van der Waals surface area contributed by atoms with E-state index >= 15 is 0 Å². The Morgan fingerprint density at radius 2 is 2.03 bits per heavy atom. The molecule has 1 aliphatic heterocycles. The van der Waals surface area contributed by atoms with Crippen molar-refractivity contribution in [1.29, 1.82) is 0 Å². The monoisotopic (exact) mass is 504 g/mol. The highest BCUT2D eigenvalue weighted by atomic mass is 19.1. The molecule has 4 aromatic rings. The van der Waals surface area contributed by atoms with Crippen molar-refractivity contribution < 1.29 is 23.4 Å². The lowest BCUT2D eigenvalue weighted by atomic mass is 10.1. The summed E-state index contributed by atoms with van der Waals surface area (Å²) in [6.45, 7) is 4.71. The van der Waals surface area contributed by atoms with E-state index in [1.165, 1.54) is 18.5 Å². The first kappa shape index (κ1) is 24.0. The molecule has 1 saturated heterocycles. The highest BCUT2D eigenvalue weighted by molar-refractivity contribution is 5.93. The molecule has 5 rings (SSSR count). The van der Waals surface area contributed by atoms with E-state index in [2.05, 4.69) is 32.1 Å². The first-order chi connectivity index (χ1) is 18.0. The summed E-state index contributed by atoms with van der Waals surface area (Å²) < 4.78 is 32.2. The van der Waals surface area contributed by atoms with Crippen LogP contribution in [0.5, 0.6) is 23.1 Å². The second kappa shape index (κ2) is 10.5. The number of nitrogens with zero attached hydrogens (tertiary/aromatic N) is 4.